The highest BCUT2D eigenvalue weighted by Crippen LogP contribution is 2.15. The van der Waals surface area contributed by atoms with Crippen LogP contribution >= 0.6 is 24.8 Å². The highest BCUT2D eigenvalue weighted by atomic mass is 35.5. The lowest BCUT2D eigenvalue weighted by molar-refractivity contribution is -0.120. The summed E-state index contributed by atoms with van der Waals surface area (Å²) in [5.74, 6) is 0.260. The van der Waals surface area contributed by atoms with Crippen molar-refractivity contribution in [2.75, 3.05) is 18.4 Å². The van der Waals surface area contributed by atoms with Gasteiger partial charge < -0.3 is 10.6 Å². The molecule has 1 aromatic heterocycles. The number of carbonyl (C=O) groups excluding carboxylic acids is 1. The molecule has 2 heterocycles. The Labute approximate surface area is 120 Å². The lowest BCUT2D eigenvalue weighted by atomic mass is 9.97. The minimum atomic E-state index is 0. The van der Waals surface area contributed by atoms with Crippen LogP contribution in [0.3, 0.4) is 0 Å². The van der Waals surface area contributed by atoms with Crippen molar-refractivity contribution in [1.82, 2.24) is 10.3 Å². The maximum Gasteiger partial charge on any atom is 0.227 e. The van der Waals surface area contributed by atoms with E-state index in [-0.39, 0.29) is 36.6 Å². The topological polar surface area (TPSA) is 54.0 Å². The third-order valence-electron chi connectivity index (χ3n) is 2.85. The summed E-state index contributed by atoms with van der Waals surface area (Å²) < 4.78 is 0. The van der Waals surface area contributed by atoms with E-state index in [1.54, 1.807) is 12.4 Å². The van der Waals surface area contributed by atoms with Crippen molar-refractivity contribution < 1.29 is 4.79 Å². The van der Waals surface area contributed by atoms with Gasteiger partial charge in [0.05, 0.1) is 11.9 Å². The fraction of sp³-hybridized carbons (Fsp3) is 0.500. The van der Waals surface area contributed by atoms with Crippen molar-refractivity contribution in [3.8, 4) is 0 Å². The molecule has 1 saturated heterocycles. The average molecular weight is 292 g/mol. The Balaban J connectivity index is 0.00000144. The van der Waals surface area contributed by atoms with Crippen molar-refractivity contribution in [1.29, 1.82) is 0 Å². The molecule has 1 aromatic rings. The van der Waals surface area contributed by atoms with E-state index in [0.29, 0.717) is 0 Å². The van der Waals surface area contributed by atoms with Gasteiger partial charge in [-0.3, -0.25) is 9.78 Å². The van der Waals surface area contributed by atoms with E-state index in [0.717, 1.165) is 37.2 Å². The van der Waals surface area contributed by atoms with E-state index in [1.807, 2.05) is 13.0 Å². The molecule has 0 spiro atoms. The van der Waals surface area contributed by atoms with Crippen LogP contribution in [0.2, 0.25) is 0 Å². The zero-order valence-corrected chi connectivity index (χ0v) is 11.9. The van der Waals surface area contributed by atoms with Gasteiger partial charge in [-0.15, -0.1) is 24.8 Å². The number of rotatable bonds is 2. The molecular formula is C12H19Cl2N3O. The van der Waals surface area contributed by atoms with Gasteiger partial charge in [-0.05, 0) is 44.5 Å². The molecule has 1 amide bonds. The van der Waals surface area contributed by atoms with Gasteiger partial charge in [0, 0.05) is 12.1 Å². The first-order valence-electron chi connectivity index (χ1n) is 5.69. The van der Waals surface area contributed by atoms with Crippen molar-refractivity contribution in [2.45, 2.75) is 19.8 Å². The van der Waals surface area contributed by atoms with Gasteiger partial charge in [0.1, 0.15) is 0 Å². The molecule has 0 saturated carbocycles. The van der Waals surface area contributed by atoms with Crippen LogP contribution in [0.4, 0.5) is 5.69 Å². The standard InChI is InChI=1S/C12H17N3O.2ClH/c1-9-6-11(8-14-7-9)15-12(16)10-2-4-13-5-3-10;;/h6-8,10,13H,2-5H2,1H3,(H,15,16);2*1H. The Morgan fingerprint density at radius 3 is 2.61 bits per heavy atom. The number of amides is 1. The van der Waals surface area contributed by atoms with E-state index >= 15 is 0 Å². The van der Waals surface area contributed by atoms with Crippen LogP contribution in [-0.4, -0.2) is 24.0 Å². The van der Waals surface area contributed by atoms with Crippen LogP contribution < -0.4 is 10.6 Å². The van der Waals surface area contributed by atoms with Crippen molar-refractivity contribution in [3.05, 3.63) is 24.0 Å². The molecule has 0 aromatic carbocycles. The molecule has 0 bridgehead atoms. The predicted octanol–water partition coefficient (Wildman–Crippen LogP) is 2.17. The second-order valence-electron chi connectivity index (χ2n) is 4.26. The quantitative estimate of drug-likeness (QED) is 0.878. The molecule has 18 heavy (non-hydrogen) atoms. The Morgan fingerprint density at radius 1 is 1.33 bits per heavy atom. The minimum Gasteiger partial charge on any atom is -0.324 e. The third-order valence-corrected chi connectivity index (χ3v) is 2.85. The van der Waals surface area contributed by atoms with Crippen LogP contribution in [0.25, 0.3) is 0 Å². The summed E-state index contributed by atoms with van der Waals surface area (Å²) in [5, 5.41) is 6.17. The Bertz CT molecular complexity index is 381. The van der Waals surface area contributed by atoms with E-state index in [2.05, 4.69) is 15.6 Å². The molecular weight excluding hydrogens is 273 g/mol. The van der Waals surface area contributed by atoms with Gasteiger partial charge in [-0.2, -0.15) is 0 Å². The molecule has 6 heteroatoms. The van der Waals surface area contributed by atoms with Crippen LogP contribution in [0.1, 0.15) is 18.4 Å². The highest BCUT2D eigenvalue weighted by molar-refractivity contribution is 5.92. The zero-order chi connectivity index (χ0) is 11.4. The first-order chi connectivity index (χ1) is 7.75. The Kier molecular flexibility index (Phi) is 7.91. The van der Waals surface area contributed by atoms with Crippen molar-refractivity contribution in [3.63, 3.8) is 0 Å². The van der Waals surface area contributed by atoms with Gasteiger partial charge in [-0.1, -0.05) is 0 Å². The molecule has 2 N–H and O–H groups in total. The lowest BCUT2D eigenvalue weighted by Gasteiger charge is -2.21. The summed E-state index contributed by atoms with van der Waals surface area (Å²) in [4.78, 5) is 16.0. The number of anilines is 1. The molecule has 0 atom stereocenters. The number of aryl methyl sites for hydroxylation is 1. The third kappa shape index (κ3) is 4.80. The summed E-state index contributed by atoms with van der Waals surface area (Å²) in [5.41, 5.74) is 1.85. The number of nitrogens with zero attached hydrogens (tertiary/aromatic N) is 1. The average Bonchev–Trinajstić information content (AvgIpc) is 2.30. The molecule has 2 rings (SSSR count). The molecule has 1 aliphatic heterocycles. The number of carbonyl (C=O) groups is 1. The molecule has 0 aliphatic carbocycles. The lowest BCUT2D eigenvalue weighted by Crippen LogP contribution is -2.34. The molecule has 4 nitrogen and oxygen atoms in total. The molecule has 1 aliphatic rings. The molecule has 0 unspecified atom stereocenters. The molecule has 1 fully saturated rings. The van der Waals surface area contributed by atoms with Crippen molar-refractivity contribution >= 4 is 36.4 Å². The van der Waals surface area contributed by atoms with E-state index in [1.165, 1.54) is 0 Å². The molecule has 102 valence electrons. The molecule has 0 radical (unpaired) electrons. The maximum atomic E-state index is 11.9. The van der Waals surface area contributed by atoms with E-state index in [4.69, 9.17) is 0 Å². The number of piperidine rings is 1. The first-order valence-corrected chi connectivity index (χ1v) is 5.69. The van der Waals surface area contributed by atoms with Crippen LogP contribution in [0, 0.1) is 12.8 Å². The summed E-state index contributed by atoms with van der Waals surface area (Å²) >= 11 is 0. The number of halogens is 2. The number of hydrogen-bond acceptors (Lipinski definition) is 3. The minimum absolute atomic E-state index is 0. The normalized spacial score (nSPS) is 15.2. The number of aromatic nitrogens is 1. The van der Waals surface area contributed by atoms with Gasteiger partial charge in [-0.25, -0.2) is 0 Å². The monoisotopic (exact) mass is 291 g/mol. The Hall–Kier alpha value is -0.840. The van der Waals surface area contributed by atoms with Gasteiger partial charge >= 0.3 is 0 Å². The van der Waals surface area contributed by atoms with Gasteiger partial charge in [0.25, 0.3) is 0 Å². The van der Waals surface area contributed by atoms with Crippen LogP contribution in [0.15, 0.2) is 18.5 Å². The number of pyridine rings is 1. The zero-order valence-electron chi connectivity index (χ0n) is 10.3. The van der Waals surface area contributed by atoms with E-state index in [9.17, 15) is 4.79 Å². The van der Waals surface area contributed by atoms with Gasteiger partial charge in [0.15, 0.2) is 0 Å². The maximum absolute atomic E-state index is 11.9. The SMILES string of the molecule is Cc1cncc(NC(=O)C2CCNCC2)c1.Cl.Cl. The van der Waals surface area contributed by atoms with Gasteiger partial charge in [0.2, 0.25) is 5.91 Å². The first kappa shape index (κ1) is 17.2. The summed E-state index contributed by atoms with van der Waals surface area (Å²) in [6.45, 7) is 3.83. The summed E-state index contributed by atoms with van der Waals surface area (Å²) in [6, 6.07) is 1.94. The fourth-order valence-corrected chi connectivity index (χ4v) is 1.95. The van der Waals surface area contributed by atoms with Crippen LogP contribution in [-0.2, 0) is 4.79 Å². The fourth-order valence-electron chi connectivity index (χ4n) is 1.95. The Morgan fingerprint density at radius 2 is 2.00 bits per heavy atom. The summed E-state index contributed by atoms with van der Waals surface area (Å²) in [6.07, 6.45) is 5.31. The highest BCUT2D eigenvalue weighted by Gasteiger charge is 2.20. The van der Waals surface area contributed by atoms with E-state index < -0.39 is 0 Å². The smallest absolute Gasteiger partial charge is 0.227 e. The largest absolute Gasteiger partial charge is 0.324 e. The predicted molar refractivity (Wildman–Crippen MR) is 77.7 cm³/mol. The number of nitrogens with one attached hydrogen (secondary N) is 2. The number of hydrogen-bond donors (Lipinski definition) is 2. The van der Waals surface area contributed by atoms with Crippen molar-refractivity contribution in [2.24, 2.45) is 5.92 Å². The summed E-state index contributed by atoms with van der Waals surface area (Å²) in [7, 11) is 0. The van der Waals surface area contributed by atoms with Crippen LogP contribution in [0.5, 0.6) is 0 Å². The second kappa shape index (κ2) is 8.29. The second-order valence-corrected chi connectivity index (χ2v) is 4.26.